The lowest BCUT2D eigenvalue weighted by atomic mass is 10.1. The topological polar surface area (TPSA) is 47.6 Å². The molecule has 1 aromatic carbocycles. The van der Waals surface area contributed by atoms with Crippen molar-refractivity contribution >= 4 is 6.09 Å². The normalized spacial score (nSPS) is 10.0. The first-order chi connectivity index (χ1) is 8.26. The molecular weight excluding hydrogens is 218 g/mol. The van der Waals surface area contributed by atoms with Crippen molar-refractivity contribution in [2.75, 3.05) is 20.3 Å². The van der Waals surface area contributed by atoms with Crippen LogP contribution in [0.2, 0.25) is 0 Å². The Bertz CT molecular complexity index is 352. The van der Waals surface area contributed by atoms with Gasteiger partial charge in [-0.2, -0.15) is 0 Å². The number of amides is 1. The highest BCUT2D eigenvalue weighted by molar-refractivity contribution is 5.70. The Kier molecular flexibility index (Phi) is 6.10. The summed E-state index contributed by atoms with van der Waals surface area (Å²) in [4.78, 5) is 11.4. The number of aryl methyl sites for hydroxylation is 1. The van der Waals surface area contributed by atoms with Crippen LogP contribution in [0.1, 0.15) is 18.9 Å². The van der Waals surface area contributed by atoms with Crippen molar-refractivity contribution in [2.45, 2.75) is 19.8 Å². The fourth-order valence-electron chi connectivity index (χ4n) is 1.45. The quantitative estimate of drug-likeness (QED) is 0.773. The molecule has 1 aromatic rings. The van der Waals surface area contributed by atoms with Gasteiger partial charge in [0.1, 0.15) is 5.75 Å². The lowest BCUT2D eigenvalue weighted by molar-refractivity contribution is 0.180. The second-order valence-electron chi connectivity index (χ2n) is 3.71. The highest BCUT2D eigenvalue weighted by Gasteiger charge is 2.03. The Morgan fingerprint density at radius 3 is 2.94 bits per heavy atom. The van der Waals surface area contributed by atoms with E-state index in [1.807, 2.05) is 18.2 Å². The van der Waals surface area contributed by atoms with E-state index in [9.17, 15) is 4.79 Å². The third-order valence-corrected chi connectivity index (χ3v) is 2.22. The highest BCUT2D eigenvalue weighted by Crippen LogP contribution is 2.14. The fourth-order valence-corrected chi connectivity index (χ4v) is 1.45. The molecule has 0 fully saturated rings. The second kappa shape index (κ2) is 7.68. The summed E-state index contributed by atoms with van der Waals surface area (Å²) in [6.45, 7) is 3.04. The molecule has 0 heterocycles. The van der Waals surface area contributed by atoms with E-state index in [2.05, 4.69) is 12.2 Å². The molecule has 0 bridgehead atoms. The summed E-state index contributed by atoms with van der Waals surface area (Å²) in [6, 6.07) is 7.58. The maximum atomic E-state index is 11.4. The third-order valence-electron chi connectivity index (χ3n) is 2.22. The van der Waals surface area contributed by atoms with Crippen molar-refractivity contribution in [1.82, 2.24) is 5.32 Å². The van der Waals surface area contributed by atoms with Gasteiger partial charge in [-0.05, 0) is 24.1 Å². The zero-order valence-corrected chi connectivity index (χ0v) is 10.4. The highest BCUT2D eigenvalue weighted by atomic mass is 16.6. The van der Waals surface area contributed by atoms with Crippen LogP contribution in [0.3, 0.4) is 0 Å². The van der Waals surface area contributed by atoms with Crippen LogP contribution in [-0.4, -0.2) is 26.4 Å². The van der Waals surface area contributed by atoms with Crippen LogP contribution < -0.4 is 10.1 Å². The maximum Gasteiger partial charge on any atom is 0.412 e. The van der Waals surface area contributed by atoms with E-state index in [-0.39, 0.29) is 0 Å². The number of nitrogens with one attached hydrogen (secondary N) is 1. The summed E-state index contributed by atoms with van der Waals surface area (Å²) >= 11 is 0. The molecule has 0 saturated heterocycles. The van der Waals surface area contributed by atoms with Gasteiger partial charge in [-0.3, -0.25) is 0 Å². The van der Waals surface area contributed by atoms with E-state index in [1.165, 1.54) is 5.56 Å². The fraction of sp³-hybridized carbons (Fsp3) is 0.462. The minimum Gasteiger partial charge on any atom is -0.410 e. The van der Waals surface area contributed by atoms with E-state index < -0.39 is 6.09 Å². The van der Waals surface area contributed by atoms with E-state index in [4.69, 9.17) is 9.47 Å². The molecule has 0 radical (unpaired) electrons. The molecule has 0 aliphatic rings. The first-order valence-corrected chi connectivity index (χ1v) is 5.79. The van der Waals surface area contributed by atoms with Gasteiger partial charge in [-0.15, -0.1) is 0 Å². The molecule has 0 aliphatic carbocycles. The standard InChI is InChI=1S/C13H19NO3/c1-3-5-11-6-4-7-12(10-11)17-13(15)14-8-9-16-2/h4,6-7,10H,3,5,8-9H2,1-2H3,(H,14,15). The Balaban J connectivity index is 2.44. The number of carbonyl (C=O) groups excluding carboxylic acids is 1. The van der Waals surface area contributed by atoms with Crippen molar-refractivity contribution < 1.29 is 14.3 Å². The summed E-state index contributed by atoms with van der Waals surface area (Å²) in [5.41, 5.74) is 1.18. The van der Waals surface area contributed by atoms with E-state index in [0.717, 1.165) is 12.8 Å². The van der Waals surface area contributed by atoms with Gasteiger partial charge in [0.05, 0.1) is 6.61 Å². The summed E-state index contributed by atoms with van der Waals surface area (Å²) in [6.07, 6.45) is 1.61. The summed E-state index contributed by atoms with van der Waals surface area (Å²) in [7, 11) is 1.58. The molecule has 1 rings (SSSR count). The number of methoxy groups -OCH3 is 1. The van der Waals surface area contributed by atoms with Crippen LogP contribution in [-0.2, 0) is 11.2 Å². The van der Waals surface area contributed by atoms with Gasteiger partial charge in [0.2, 0.25) is 0 Å². The summed E-state index contributed by atoms with van der Waals surface area (Å²) in [5.74, 6) is 0.575. The van der Waals surface area contributed by atoms with Crippen molar-refractivity contribution in [1.29, 1.82) is 0 Å². The second-order valence-corrected chi connectivity index (χ2v) is 3.71. The molecule has 4 heteroatoms. The molecule has 0 unspecified atom stereocenters. The van der Waals surface area contributed by atoms with Crippen LogP contribution in [0.4, 0.5) is 4.79 Å². The zero-order valence-electron chi connectivity index (χ0n) is 10.4. The van der Waals surface area contributed by atoms with Gasteiger partial charge in [-0.25, -0.2) is 4.79 Å². The van der Waals surface area contributed by atoms with Crippen LogP contribution >= 0.6 is 0 Å². The minimum absolute atomic E-state index is 0.448. The number of ether oxygens (including phenoxy) is 2. The lowest BCUT2D eigenvalue weighted by Gasteiger charge is -2.07. The average Bonchev–Trinajstić information content (AvgIpc) is 2.30. The monoisotopic (exact) mass is 237 g/mol. The van der Waals surface area contributed by atoms with Crippen molar-refractivity contribution in [3.05, 3.63) is 29.8 Å². The van der Waals surface area contributed by atoms with Gasteiger partial charge >= 0.3 is 6.09 Å². The number of carbonyl (C=O) groups is 1. The third kappa shape index (κ3) is 5.36. The zero-order chi connectivity index (χ0) is 12.5. The van der Waals surface area contributed by atoms with E-state index in [1.54, 1.807) is 13.2 Å². The van der Waals surface area contributed by atoms with Crippen LogP contribution in [0.5, 0.6) is 5.75 Å². The minimum atomic E-state index is -0.448. The van der Waals surface area contributed by atoms with Gasteiger partial charge in [0.15, 0.2) is 0 Å². The van der Waals surface area contributed by atoms with Gasteiger partial charge < -0.3 is 14.8 Å². The Morgan fingerprint density at radius 1 is 1.41 bits per heavy atom. The SMILES string of the molecule is CCCc1cccc(OC(=O)NCCOC)c1. The average molecular weight is 237 g/mol. The Hall–Kier alpha value is -1.55. The lowest BCUT2D eigenvalue weighted by Crippen LogP contribution is -2.29. The molecule has 0 atom stereocenters. The first kappa shape index (κ1) is 13.5. The molecule has 4 nitrogen and oxygen atoms in total. The van der Waals surface area contributed by atoms with Crippen molar-refractivity contribution in [2.24, 2.45) is 0 Å². The molecule has 1 N–H and O–H groups in total. The van der Waals surface area contributed by atoms with Crippen molar-refractivity contribution in [3.63, 3.8) is 0 Å². The van der Waals surface area contributed by atoms with Crippen LogP contribution in [0, 0.1) is 0 Å². The molecule has 0 spiro atoms. The largest absolute Gasteiger partial charge is 0.412 e. The van der Waals surface area contributed by atoms with Gasteiger partial charge in [-0.1, -0.05) is 25.5 Å². The van der Waals surface area contributed by atoms with Crippen LogP contribution in [0.25, 0.3) is 0 Å². The van der Waals surface area contributed by atoms with Crippen molar-refractivity contribution in [3.8, 4) is 5.75 Å². The molecule has 17 heavy (non-hydrogen) atoms. The Morgan fingerprint density at radius 2 is 2.24 bits per heavy atom. The summed E-state index contributed by atoms with van der Waals surface area (Å²) < 4.78 is 9.97. The Labute approximate surface area is 102 Å². The number of hydrogen-bond donors (Lipinski definition) is 1. The first-order valence-electron chi connectivity index (χ1n) is 5.79. The van der Waals surface area contributed by atoms with Gasteiger partial charge in [0.25, 0.3) is 0 Å². The molecule has 94 valence electrons. The number of hydrogen-bond acceptors (Lipinski definition) is 3. The predicted molar refractivity (Wildman–Crippen MR) is 66.3 cm³/mol. The maximum absolute atomic E-state index is 11.4. The molecule has 0 aliphatic heterocycles. The molecule has 0 saturated carbocycles. The van der Waals surface area contributed by atoms with Crippen LogP contribution in [0.15, 0.2) is 24.3 Å². The summed E-state index contributed by atoms with van der Waals surface area (Å²) in [5, 5.41) is 2.60. The number of benzene rings is 1. The number of rotatable bonds is 6. The molecule has 0 aromatic heterocycles. The van der Waals surface area contributed by atoms with E-state index >= 15 is 0 Å². The predicted octanol–water partition coefficient (Wildman–Crippen LogP) is 2.37. The molecule has 1 amide bonds. The van der Waals surface area contributed by atoms with E-state index in [0.29, 0.717) is 18.9 Å². The smallest absolute Gasteiger partial charge is 0.410 e. The van der Waals surface area contributed by atoms with Gasteiger partial charge in [0, 0.05) is 13.7 Å². The molecular formula is C13H19NO3.